The van der Waals surface area contributed by atoms with E-state index in [0.717, 1.165) is 23.4 Å². The lowest BCUT2D eigenvalue weighted by molar-refractivity contribution is -0.142. The molecule has 0 spiro atoms. The minimum Gasteiger partial charge on any atom is -0.469 e. The van der Waals surface area contributed by atoms with Crippen molar-refractivity contribution in [1.82, 2.24) is 10.3 Å². The van der Waals surface area contributed by atoms with Gasteiger partial charge in [-0.3, -0.25) is 9.78 Å². The van der Waals surface area contributed by atoms with Crippen molar-refractivity contribution >= 4 is 5.97 Å². The molecule has 15 heavy (non-hydrogen) atoms. The third kappa shape index (κ3) is 1.85. The SMILES string of the molecule is COC(=O)C1CNCc2cnc(C)cc21. The van der Waals surface area contributed by atoms with Gasteiger partial charge in [-0.2, -0.15) is 0 Å². The normalized spacial score (nSPS) is 19.5. The Labute approximate surface area is 88.7 Å². The fraction of sp³-hybridized carbons (Fsp3) is 0.455. The Morgan fingerprint density at radius 1 is 1.67 bits per heavy atom. The summed E-state index contributed by atoms with van der Waals surface area (Å²) < 4.78 is 4.79. The lowest BCUT2D eigenvalue weighted by atomic mass is 9.92. The van der Waals surface area contributed by atoms with Gasteiger partial charge in [0.1, 0.15) is 0 Å². The molecule has 0 saturated heterocycles. The summed E-state index contributed by atoms with van der Waals surface area (Å²) in [6, 6.07) is 1.97. The topological polar surface area (TPSA) is 51.2 Å². The molecule has 1 N–H and O–H groups in total. The van der Waals surface area contributed by atoms with Crippen molar-refractivity contribution < 1.29 is 9.53 Å². The Kier molecular flexibility index (Phi) is 2.68. The van der Waals surface area contributed by atoms with Crippen molar-refractivity contribution in [3.05, 3.63) is 29.1 Å². The number of nitrogens with zero attached hydrogens (tertiary/aromatic N) is 1. The molecule has 0 aromatic carbocycles. The number of nitrogens with one attached hydrogen (secondary N) is 1. The highest BCUT2D eigenvalue weighted by atomic mass is 16.5. The van der Waals surface area contributed by atoms with Crippen LogP contribution >= 0.6 is 0 Å². The van der Waals surface area contributed by atoms with Gasteiger partial charge in [0.2, 0.25) is 0 Å². The van der Waals surface area contributed by atoms with Crippen LogP contribution in [0, 0.1) is 6.92 Å². The molecule has 1 aromatic heterocycles. The van der Waals surface area contributed by atoms with Gasteiger partial charge in [-0.1, -0.05) is 0 Å². The van der Waals surface area contributed by atoms with E-state index in [2.05, 4.69) is 10.3 Å². The lowest BCUT2D eigenvalue weighted by Gasteiger charge is -2.24. The first-order chi connectivity index (χ1) is 7.22. The van der Waals surface area contributed by atoms with Gasteiger partial charge in [0.05, 0.1) is 13.0 Å². The van der Waals surface area contributed by atoms with E-state index in [1.165, 1.54) is 7.11 Å². The molecule has 0 amide bonds. The highest BCUT2D eigenvalue weighted by Gasteiger charge is 2.27. The van der Waals surface area contributed by atoms with E-state index in [1.54, 1.807) is 0 Å². The van der Waals surface area contributed by atoms with E-state index in [-0.39, 0.29) is 11.9 Å². The summed E-state index contributed by atoms with van der Waals surface area (Å²) in [7, 11) is 1.42. The molecular weight excluding hydrogens is 192 g/mol. The van der Waals surface area contributed by atoms with Gasteiger partial charge in [-0.15, -0.1) is 0 Å². The number of carbonyl (C=O) groups is 1. The largest absolute Gasteiger partial charge is 0.469 e. The van der Waals surface area contributed by atoms with Crippen LogP contribution in [0.25, 0.3) is 0 Å². The molecule has 1 aliphatic rings. The smallest absolute Gasteiger partial charge is 0.314 e. The first-order valence-corrected chi connectivity index (χ1v) is 4.96. The number of ether oxygens (including phenoxy) is 1. The Morgan fingerprint density at radius 2 is 2.47 bits per heavy atom. The van der Waals surface area contributed by atoms with E-state index < -0.39 is 0 Å². The van der Waals surface area contributed by atoms with Gasteiger partial charge in [0.25, 0.3) is 0 Å². The summed E-state index contributed by atoms with van der Waals surface area (Å²) in [4.78, 5) is 15.8. The van der Waals surface area contributed by atoms with Crippen molar-refractivity contribution in [3.63, 3.8) is 0 Å². The molecule has 1 aliphatic heterocycles. The zero-order chi connectivity index (χ0) is 10.8. The van der Waals surface area contributed by atoms with Crippen LogP contribution in [0.1, 0.15) is 22.7 Å². The second kappa shape index (κ2) is 3.98. The summed E-state index contributed by atoms with van der Waals surface area (Å²) in [6.45, 7) is 3.34. The van der Waals surface area contributed by atoms with E-state index in [1.807, 2.05) is 19.2 Å². The van der Waals surface area contributed by atoms with Crippen molar-refractivity contribution in [2.24, 2.45) is 0 Å². The average Bonchev–Trinajstić information content (AvgIpc) is 2.27. The average molecular weight is 206 g/mol. The number of fused-ring (bicyclic) bond motifs is 1. The van der Waals surface area contributed by atoms with E-state index in [9.17, 15) is 4.79 Å². The number of rotatable bonds is 1. The highest BCUT2D eigenvalue weighted by molar-refractivity contribution is 5.79. The summed E-state index contributed by atoms with van der Waals surface area (Å²) in [5, 5.41) is 3.18. The molecule has 4 heteroatoms. The fourth-order valence-corrected chi connectivity index (χ4v) is 1.90. The summed E-state index contributed by atoms with van der Waals surface area (Å²) >= 11 is 0. The van der Waals surface area contributed by atoms with Gasteiger partial charge < -0.3 is 10.1 Å². The van der Waals surface area contributed by atoms with E-state index in [0.29, 0.717) is 6.54 Å². The predicted molar refractivity (Wildman–Crippen MR) is 55.4 cm³/mol. The number of esters is 1. The third-order valence-electron chi connectivity index (χ3n) is 2.68. The minimum absolute atomic E-state index is 0.186. The van der Waals surface area contributed by atoms with Gasteiger partial charge in [0, 0.05) is 25.0 Å². The second-order valence-electron chi connectivity index (χ2n) is 3.73. The second-order valence-corrected chi connectivity index (χ2v) is 3.73. The Balaban J connectivity index is 2.40. The van der Waals surface area contributed by atoms with Crippen molar-refractivity contribution in [2.45, 2.75) is 19.4 Å². The Morgan fingerprint density at radius 3 is 3.20 bits per heavy atom. The number of hydrogen-bond acceptors (Lipinski definition) is 4. The molecule has 0 radical (unpaired) electrons. The van der Waals surface area contributed by atoms with Crippen molar-refractivity contribution in [1.29, 1.82) is 0 Å². The maximum atomic E-state index is 11.6. The molecule has 80 valence electrons. The lowest BCUT2D eigenvalue weighted by Crippen LogP contribution is -2.33. The van der Waals surface area contributed by atoms with Crippen LogP contribution in [-0.4, -0.2) is 24.6 Å². The van der Waals surface area contributed by atoms with Crippen LogP contribution in [0.2, 0.25) is 0 Å². The van der Waals surface area contributed by atoms with E-state index in [4.69, 9.17) is 4.74 Å². The van der Waals surface area contributed by atoms with Gasteiger partial charge in [0.15, 0.2) is 0 Å². The fourth-order valence-electron chi connectivity index (χ4n) is 1.90. The number of hydrogen-bond donors (Lipinski definition) is 1. The maximum absolute atomic E-state index is 11.6. The Hall–Kier alpha value is -1.42. The quantitative estimate of drug-likeness (QED) is 0.689. The Bertz CT molecular complexity index is 390. The number of methoxy groups -OCH3 is 1. The molecule has 2 rings (SSSR count). The van der Waals surface area contributed by atoms with Gasteiger partial charge in [-0.25, -0.2) is 0 Å². The summed E-state index contributed by atoms with van der Waals surface area (Å²) in [5.41, 5.74) is 3.07. The first-order valence-electron chi connectivity index (χ1n) is 4.96. The summed E-state index contributed by atoms with van der Waals surface area (Å²) in [6.07, 6.45) is 1.83. The molecule has 0 fully saturated rings. The number of carbonyl (C=O) groups excluding carboxylic acids is 1. The van der Waals surface area contributed by atoms with Crippen LogP contribution in [0.4, 0.5) is 0 Å². The summed E-state index contributed by atoms with van der Waals surface area (Å²) in [5.74, 6) is -0.380. The third-order valence-corrected chi connectivity index (χ3v) is 2.68. The number of aromatic nitrogens is 1. The van der Waals surface area contributed by atoms with Crippen LogP contribution in [0.15, 0.2) is 12.3 Å². The van der Waals surface area contributed by atoms with Crippen LogP contribution < -0.4 is 5.32 Å². The maximum Gasteiger partial charge on any atom is 0.314 e. The molecular formula is C11H14N2O2. The van der Waals surface area contributed by atoms with Crippen molar-refractivity contribution in [2.75, 3.05) is 13.7 Å². The van der Waals surface area contributed by atoms with Crippen LogP contribution in [-0.2, 0) is 16.1 Å². The number of pyridine rings is 1. The molecule has 0 saturated carbocycles. The molecule has 1 unspecified atom stereocenters. The predicted octanol–water partition coefficient (Wildman–Crippen LogP) is 0.750. The van der Waals surface area contributed by atoms with Gasteiger partial charge >= 0.3 is 5.97 Å². The highest BCUT2D eigenvalue weighted by Crippen LogP contribution is 2.24. The molecule has 0 aliphatic carbocycles. The molecule has 4 nitrogen and oxygen atoms in total. The van der Waals surface area contributed by atoms with Crippen LogP contribution in [0.5, 0.6) is 0 Å². The standard InChI is InChI=1S/C11H14N2O2/c1-7-3-9-8(5-13-7)4-12-6-10(9)11(14)15-2/h3,5,10,12H,4,6H2,1-2H3. The van der Waals surface area contributed by atoms with Crippen molar-refractivity contribution in [3.8, 4) is 0 Å². The first kappa shape index (κ1) is 10.1. The van der Waals surface area contributed by atoms with Crippen LogP contribution in [0.3, 0.4) is 0 Å². The van der Waals surface area contributed by atoms with Gasteiger partial charge in [-0.05, 0) is 24.1 Å². The molecule has 2 heterocycles. The zero-order valence-electron chi connectivity index (χ0n) is 8.91. The molecule has 1 atom stereocenters. The monoisotopic (exact) mass is 206 g/mol. The minimum atomic E-state index is -0.194. The zero-order valence-corrected chi connectivity index (χ0v) is 8.91. The number of aryl methyl sites for hydroxylation is 1. The van der Waals surface area contributed by atoms with E-state index >= 15 is 0 Å². The molecule has 0 bridgehead atoms. The molecule has 1 aromatic rings.